The van der Waals surface area contributed by atoms with Gasteiger partial charge in [-0.15, -0.1) is 0 Å². The predicted molar refractivity (Wildman–Crippen MR) is 79.1 cm³/mol. The molecule has 0 aromatic heterocycles. The molecule has 1 atom stereocenters. The molecule has 4 heteroatoms. The van der Waals surface area contributed by atoms with Crippen LogP contribution in [0.3, 0.4) is 0 Å². The number of hydrogen-bond acceptors (Lipinski definition) is 4. The van der Waals surface area contributed by atoms with Gasteiger partial charge >= 0.3 is 0 Å². The van der Waals surface area contributed by atoms with Crippen molar-refractivity contribution in [1.82, 2.24) is 9.80 Å². The third-order valence-corrected chi connectivity index (χ3v) is 6.52. The van der Waals surface area contributed by atoms with Crippen molar-refractivity contribution in [1.29, 1.82) is 0 Å². The molecule has 18 heavy (non-hydrogen) atoms. The average Bonchev–Trinajstić information content (AvgIpc) is 3.11. The molecule has 104 valence electrons. The zero-order chi connectivity index (χ0) is 12.4. The van der Waals surface area contributed by atoms with Gasteiger partial charge in [0.1, 0.15) is 0 Å². The van der Waals surface area contributed by atoms with Crippen LogP contribution in [0.1, 0.15) is 32.1 Å². The van der Waals surface area contributed by atoms with E-state index in [2.05, 4.69) is 21.6 Å². The Balaban J connectivity index is 1.55. The Kier molecular flexibility index (Phi) is 4.18. The van der Waals surface area contributed by atoms with Gasteiger partial charge < -0.3 is 5.73 Å². The van der Waals surface area contributed by atoms with E-state index in [4.69, 9.17) is 5.73 Å². The van der Waals surface area contributed by atoms with E-state index in [1.54, 1.807) is 0 Å². The Morgan fingerprint density at radius 3 is 2.39 bits per heavy atom. The number of nitrogens with zero attached hydrogens (tertiary/aromatic N) is 2. The summed E-state index contributed by atoms with van der Waals surface area (Å²) >= 11 is 2.09. The standard InChI is InChI=1S/C14H27N3S/c15-11-14(5-10-18-12-14)17-8-6-16(7-9-17)13-3-1-2-4-13/h13H,1-12,15H2. The van der Waals surface area contributed by atoms with Crippen molar-refractivity contribution in [2.24, 2.45) is 5.73 Å². The van der Waals surface area contributed by atoms with Gasteiger partial charge in [-0.3, -0.25) is 9.80 Å². The van der Waals surface area contributed by atoms with Crippen LogP contribution in [0, 0.1) is 0 Å². The lowest BCUT2D eigenvalue weighted by Gasteiger charge is -2.46. The van der Waals surface area contributed by atoms with Crippen LogP contribution in [0.25, 0.3) is 0 Å². The number of piperazine rings is 1. The first-order valence-electron chi connectivity index (χ1n) is 7.61. The highest BCUT2D eigenvalue weighted by Crippen LogP contribution is 2.34. The molecule has 3 rings (SSSR count). The SMILES string of the molecule is NCC1(N2CCN(C3CCCC3)CC2)CCSC1. The Morgan fingerprint density at radius 1 is 1.11 bits per heavy atom. The third-order valence-electron chi connectivity index (χ3n) is 5.29. The largest absolute Gasteiger partial charge is 0.329 e. The topological polar surface area (TPSA) is 32.5 Å². The fourth-order valence-corrected chi connectivity index (χ4v) is 5.46. The molecule has 2 N–H and O–H groups in total. The molecule has 1 saturated carbocycles. The summed E-state index contributed by atoms with van der Waals surface area (Å²) in [6, 6.07) is 0.902. The molecule has 3 aliphatic rings. The first kappa shape index (κ1) is 13.2. The number of rotatable bonds is 3. The van der Waals surface area contributed by atoms with Crippen molar-refractivity contribution in [3.63, 3.8) is 0 Å². The highest BCUT2D eigenvalue weighted by atomic mass is 32.2. The fourth-order valence-electron chi connectivity index (χ4n) is 3.97. The molecular formula is C14H27N3S. The predicted octanol–water partition coefficient (Wildman–Crippen LogP) is 1.38. The van der Waals surface area contributed by atoms with Crippen LogP contribution in [0.5, 0.6) is 0 Å². The monoisotopic (exact) mass is 269 g/mol. The van der Waals surface area contributed by atoms with Crippen molar-refractivity contribution < 1.29 is 0 Å². The second-order valence-electron chi connectivity index (χ2n) is 6.19. The summed E-state index contributed by atoms with van der Waals surface area (Å²) in [7, 11) is 0. The van der Waals surface area contributed by atoms with Gasteiger partial charge in [-0.25, -0.2) is 0 Å². The van der Waals surface area contributed by atoms with E-state index in [0.29, 0.717) is 5.54 Å². The molecule has 2 heterocycles. The van der Waals surface area contributed by atoms with E-state index in [1.807, 2.05) is 0 Å². The molecule has 0 aromatic rings. The van der Waals surface area contributed by atoms with Crippen LogP contribution in [0.2, 0.25) is 0 Å². The minimum Gasteiger partial charge on any atom is -0.329 e. The molecule has 2 aliphatic heterocycles. The maximum atomic E-state index is 6.09. The molecule has 0 amide bonds. The Bertz CT molecular complexity index is 264. The van der Waals surface area contributed by atoms with Crippen molar-refractivity contribution in [3.05, 3.63) is 0 Å². The zero-order valence-electron chi connectivity index (χ0n) is 11.4. The second-order valence-corrected chi connectivity index (χ2v) is 7.30. The van der Waals surface area contributed by atoms with Crippen LogP contribution in [-0.4, -0.2) is 65.6 Å². The molecular weight excluding hydrogens is 242 g/mol. The summed E-state index contributed by atoms with van der Waals surface area (Å²) in [4.78, 5) is 5.45. The van der Waals surface area contributed by atoms with Crippen LogP contribution in [0.15, 0.2) is 0 Å². The highest BCUT2D eigenvalue weighted by Gasteiger charge is 2.40. The molecule has 2 saturated heterocycles. The van der Waals surface area contributed by atoms with Crippen molar-refractivity contribution in [3.8, 4) is 0 Å². The summed E-state index contributed by atoms with van der Waals surface area (Å²) in [5, 5.41) is 0. The number of thioether (sulfide) groups is 1. The maximum absolute atomic E-state index is 6.09. The second kappa shape index (κ2) is 5.70. The first-order chi connectivity index (χ1) is 8.84. The zero-order valence-corrected chi connectivity index (χ0v) is 12.3. The lowest BCUT2D eigenvalue weighted by molar-refractivity contribution is 0.0339. The van der Waals surface area contributed by atoms with E-state index in [-0.39, 0.29) is 0 Å². The summed E-state index contributed by atoms with van der Waals surface area (Å²) in [6.45, 7) is 5.89. The first-order valence-corrected chi connectivity index (χ1v) is 8.76. The van der Waals surface area contributed by atoms with Gasteiger partial charge in [0.15, 0.2) is 0 Å². The van der Waals surface area contributed by atoms with Gasteiger partial charge in [0, 0.05) is 50.1 Å². The van der Waals surface area contributed by atoms with Crippen LogP contribution in [0.4, 0.5) is 0 Å². The van der Waals surface area contributed by atoms with Gasteiger partial charge in [0.2, 0.25) is 0 Å². The highest BCUT2D eigenvalue weighted by molar-refractivity contribution is 7.99. The average molecular weight is 269 g/mol. The molecule has 3 nitrogen and oxygen atoms in total. The number of hydrogen-bond donors (Lipinski definition) is 1. The van der Waals surface area contributed by atoms with Gasteiger partial charge in [-0.2, -0.15) is 11.8 Å². The van der Waals surface area contributed by atoms with E-state index >= 15 is 0 Å². The molecule has 0 spiro atoms. The van der Waals surface area contributed by atoms with Gasteiger partial charge in [-0.1, -0.05) is 12.8 Å². The summed E-state index contributed by atoms with van der Waals surface area (Å²) in [6.07, 6.45) is 7.09. The van der Waals surface area contributed by atoms with Crippen molar-refractivity contribution >= 4 is 11.8 Å². The summed E-state index contributed by atoms with van der Waals surface area (Å²) in [5.41, 5.74) is 6.43. The van der Waals surface area contributed by atoms with E-state index in [9.17, 15) is 0 Å². The molecule has 1 unspecified atom stereocenters. The molecule has 3 fully saturated rings. The molecule has 0 bridgehead atoms. The summed E-state index contributed by atoms with van der Waals surface area (Å²) < 4.78 is 0. The Morgan fingerprint density at radius 2 is 1.83 bits per heavy atom. The van der Waals surface area contributed by atoms with Gasteiger partial charge in [0.05, 0.1) is 0 Å². The lowest BCUT2D eigenvalue weighted by Crippen LogP contribution is -2.61. The van der Waals surface area contributed by atoms with E-state index in [1.165, 1.54) is 69.8 Å². The van der Waals surface area contributed by atoms with Crippen LogP contribution >= 0.6 is 11.8 Å². The quantitative estimate of drug-likeness (QED) is 0.839. The normalized spacial score (nSPS) is 36.5. The molecule has 0 radical (unpaired) electrons. The minimum atomic E-state index is 0.340. The smallest absolute Gasteiger partial charge is 0.0430 e. The van der Waals surface area contributed by atoms with Crippen LogP contribution in [-0.2, 0) is 0 Å². The maximum Gasteiger partial charge on any atom is 0.0430 e. The van der Waals surface area contributed by atoms with E-state index in [0.717, 1.165) is 12.6 Å². The lowest BCUT2D eigenvalue weighted by atomic mass is 9.95. The Labute approximate surface area is 115 Å². The molecule has 1 aliphatic carbocycles. The van der Waals surface area contributed by atoms with E-state index < -0.39 is 0 Å². The number of nitrogens with two attached hydrogens (primary N) is 1. The minimum absolute atomic E-state index is 0.340. The fraction of sp³-hybridized carbons (Fsp3) is 1.00. The molecule has 0 aromatic carbocycles. The third kappa shape index (κ3) is 2.45. The van der Waals surface area contributed by atoms with Gasteiger partial charge in [-0.05, 0) is 25.0 Å². The van der Waals surface area contributed by atoms with Crippen LogP contribution < -0.4 is 5.73 Å². The van der Waals surface area contributed by atoms with Crippen molar-refractivity contribution in [2.75, 3.05) is 44.2 Å². The summed E-state index contributed by atoms with van der Waals surface area (Å²) in [5.74, 6) is 2.56. The van der Waals surface area contributed by atoms with Crippen molar-refractivity contribution in [2.45, 2.75) is 43.7 Å². The Hall–Kier alpha value is 0.230. The van der Waals surface area contributed by atoms with Gasteiger partial charge in [0.25, 0.3) is 0 Å².